The molecule has 0 radical (unpaired) electrons. The maximum atomic E-state index is 2.43. The Kier molecular flexibility index (Phi) is 6.98. The van der Waals surface area contributed by atoms with Gasteiger partial charge in [0.2, 0.25) is 0 Å². The third-order valence-electron chi connectivity index (χ3n) is 12.8. The second kappa shape index (κ2) is 12.6. The third-order valence-corrected chi connectivity index (χ3v) is 13.8. The molecule has 272 valence electrons. The fourth-order valence-corrected chi connectivity index (χ4v) is 11.0. The zero-order valence-corrected chi connectivity index (χ0v) is 32.9. The molecule has 59 heavy (non-hydrogen) atoms. The minimum absolute atomic E-state index is 1.21. The molecule has 1 heterocycles. The lowest BCUT2D eigenvalue weighted by Crippen LogP contribution is -1.90. The molecule has 0 aliphatic carbocycles. The Bertz CT molecular complexity index is 3760. The first-order valence-electron chi connectivity index (χ1n) is 20.4. The van der Waals surface area contributed by atoms with Gasteiger partial charge in [0, 0.05) is 15.6 Å². The Morgan fingerprint density at radius 2 is 0.678 bits per heavy atom. The van der Waals surface area contributed by atoms with Crippen molar-refractivity contribution in [3.8, 4) is 55.6 Å². The highest BCUT2D eigenvalue weighted by molar-refractivity contribution is 7.17. The number of thiophene rings is 1. The molecule has 0 atom stereocenters. The lowest BCUT2D eigenvalue weighted by molar-refractivity contribution is 1.57. The Morgan fingerprint density at radius 3 is 1.29 bits per heavy atom. The van der Waals surface area contributed by atoms with Crippen LogP contribution < -0.4 is 0 Å². The maximum Gasteiger partial charge on any atom is 0.0349 e. The first-order chi connectivity index (χ1) is 29.2. The van der Waals surface area contributed by atoms with Gasteiger partial charge in [-0.1, -0.05) is 176 Å². The van der Waals surface area contributed by atoms with E-state index in [1.165, 1.54) is 130 Å². The summed E-state index contributed by atoms with van der Waals surface area (Å²) in [4.78, 5) is 0. The first-order valence-corrected chi connectivity index (χ1v) is 21.3. The van der Waals surface area contributed by atoms with Crippen molar-refractivity contribution in [3.05, 3.63) is 206 Å². The Labute approximate surface area is 345 Å². The van der Waals surface area contributed by atoms with E-state index >= 15 is 0 Å². The van der Waals surface area contributed by atoms with E-state index < -0.39 is 0 Å². The van der Waals surface area contributed by atoms with Crippen LogP contribution in [0.5, 0.6) is 0 Å². The molecule has 0 N–H and O–H groups in total. The van der Waals surface area contributed by atoms with Gasteiger partial charge in [0.15, 0.2) is 0 Å². The molecule has 1 heteroatoms. The van der Waals surface area contributed by atoms with E-state index in [0.717, 1.165) is 0 Å². The molecule has 0 fully saturated rings. The number of fused-ring (bicyclic) bond motifs is 1. The quantitative estimate of drug-likeness (QED) is 0.153. The molecule has 13 rings (SSSR count). The van der Waals surface area contributed by atoms with E-state index in [4.69, 9.17) is 0 Å². The molecule has 0 saturated carbocycles. The fourth-order valence-electron chi connectivity index (χ4n) is 10.1. The van der Waals surface area contributed by atoms with E-state index in [1.54, 1.807) is 0 Å². The van der Waals surface area contributed by atoms with Crippen molar-refractivity contribution in [2.24, 2.45) is 0 Å². The van der Waals surface area contributed by atoms with Crippen molar-refractivity contribution < 1.29 is 0 Å². The SMILES string of the molecule is c1cc(-c2ccc(-c3cccc(-c4ccc5ccc6cccc7ccc4c5c67)c3)c(-c3csc4ccccc34)c2)cc(-c2ccc3ccc4cccc5ccc2c3c45)c1. The normalized spacial score (nSPS) is 12.1. The molecule has 12 aromatic carbocycles. The predicted octanol–water partition coefficient (Wildman–Crippen LogP) is 17.0. The summed E-state index contributed by atoms with van der Waals surface area (Å²) in [6, 6.07) is 74.9. The second-order valence-electron chi connectivity index (χ2n) is 16.0. The number of hydrogen-bond acceptors (Lipinski definition) is 1. The first kappa shape index (κ1) is 32.7. The van der Waals surface area contributed by atoms with Crippen LogP contribution in [0.15, 0.2) is 206 Å². The Balaban J connectivity index is 0.970. The van der Waals surface area contributed by atoms with E-state index in [0.29, 0.717) is 0 Å². The van der Waals surface area contributed by atoms with Crippen LogP contribution in [0, 0.1) is 0 Å². The summed E-state index contributed by atoms with van der Waals surface area (Å²) < 4.78 is 1.30. The van der Waals surface area contributed by atoms with Crippen molar-refractivity contribution in [3.63, 3.8) is 0 Å². The van der Waals surface area contributed by atoms with E-state index in [2.05, 4.69) is 206 Å². The monoisotopic (exact) mass is 762 g/mol. The van der Waals surface area contributed by atoms with E-state index in [9.17, 15) is 0 Å². The van der Waals surface area contributed by atoms with Crippen LogP contribution in [0.2, 0.25) is 0 Å². The van der Waals surface area contributed by atoms with Crippen LogP contribution >= 0.6 is 11.3 Å². The molecule has 0 unspecified atom stereocenters. The number of benzene rings is 12. The molecule has 0 saturated heterocycles. The lowest BCUT2D eigenvalue weighted by Gasteiger charge is -2.17. The molecule has 0 spiro atoms. The minimum Gasteiger partial charge on any atom is -0.143 e. The molecular weight excluding hydrogens is 729 g/mol. The van der Waals surface area contributed by atoms with Crippen LogP contribution in [0.4, 0.5) is 0 Å². The maximum absolute atomic E-state index is 2.43. The largest absolute Gasteiger partial charge is 0.143 e. The predicted molar refractivity (Wildman–Crippen MR) is 256 cm³/mol. The third kappa shape index (κ3) is 4.96. The summed E-state index contributed by atoms with van der Waals surface area (Å²) in [5.41, 5.74) is 12.4. The van der Waals surface area contributed by atoms with Crippen molar-refractivity contribution in [2.75, 3.05) is 0 Å². The van der Waals surface area contributed by atoms with Crippen LogP contribution in [-0.4, -0.2) is 0 Å². The molecule has 0 nitrogen and oxygen atoms in total. The molecule has 0 amide bonds. The van der Waals surface area contributed by atoms with Gasteiger partial charge in [-0.2, -0.15) is 0 Å². The molecule has 0 bridgehead atoms. The summed E-state index contributed by atoms with van der Waals surface area (Å²) in [5.74, 6) is 0. The van der Waals surface area contributed by atoms with Crippen LogP contribution in [0.3, 0.4) is 0 Å². The summed E-state index contributed by atoms with van der Waals surface area (Å²) in [6.07, 6.45) is 0. The summed E-state index contributed by atoms with van der Waals surface area (Å²) in [7, 11) is 0. The molecule has 0 aliphatic rings. The average Bonchev–Trinajstić information content (AvgIpc) is 3.74. The van der Waals surface area contributed by atoms with Gasteiger partial charge >= 0.3 is 0 Å². The van der Waals surface area contributed by atoms with Crippen molar-refractivity contribution >= 4 is 86.1 Å². The summed E-state index contributed by atoms with van der Waals surface area (Å²) in [5, 5.41) is 19.4. The number of hydrogen-bond donors (Lipinski definition) is 0. The highest BCUT2D eigenvalue weighted by atomic mass is 32.1. The molecule has 0 aliphatic heterocycles. The highest BCUT2D eigenvalue weighted by Gasteiger charge is 2.18. The van der Waals surface area contributed by atoms with Crippen LogP contribution in [0.1, 0.15) is 0 Å². The summed E-state index contributed by atoms with van der Waals surface area (Å²) in [6.45, 7) is 0. The van der Waals surface area contributed by atoms with Gasteiger partial charge in [0.05, 0.1) is 0 Å². The van der Waals surface area contributed by atoms with Crippen molar-refractivity contribution in [1.29, 1.82) is 0 Å². The van der Waals surface area contributed by atoms with Crippen molar-refractivity contribution in [1.82, 2.24) is 0 Å². The second-order valence-corrected chi connectivity index (χ2v) is 16.9. The zero-order chi connectivity index (χ0) is 38.6. The van der Waals surface area contributed by atoms with E-state index in [1.807, 2.05) is 11.3 Å². The smallest absolute Gasteiger partial charge is 0.0349 e. The minimum atomic E-state index is 1.21. The van der Waals surface area contributed by atoms with Gasteiger partial charge in [-0.25, -0.2) is 0 Å². The van der Waals surface area contributed by atoms with Gasteiger partial charge in [0.25, 0.3) is 0 Å². The Morgan fingerprint density at radius 1 is 0.237 bits per heavy atom. The topological polar surface area (TPSA) is 0 Å². The standard InChI is InChI=1S/C58H34S/c1-2-16-54-49(15-1)53(34-59-54)52-33-42(41-11-5-12-43(31-41)46-26-21-39-19-17-35-7-3-9-37-23-29-50(46)57(39)55(35)37)25-28-48(52)45-14-6-13-44(32-45)47-27-22-40-20-18-36-8-4-10-38-24-30-51(47)58(40)56(36)38/h1-34H. The van der Waals surface area contributed by atoms with Gasteiger partial charge in [-0.3, -0.25) is 0 Å². The lowest BCUT2D eigenvalue weighted by atomic mass is 9.87. The molecule has 1 aromatic heterocycles. The highest BCUT2D eigenvalue weighted by Crippen LogP contribution is 2.45. The average molecular weight is 763 g/mol. The van der Waals surface area contributed by atoms with E-state index in [-0.39, 0.29) is 0 Å². The fraction of sp³-hybridized carbons (Fsp3) is 0. The summed E-state index contributed by atoms with van der Waals surface area (Å²) >= 11 is 1.82. The van der Waals surface area contributed by atoms with Crippen molar-refractivity contribution in [2.45, 2.75) is 0 Å². The molecule has 13 aromatic rings. The van der Waals surface area contributed by atoms with Crippen LogP contribution in [-0.2, 0) is 0 Å². The van der Waals surface area contributed by atoms with Gasteiger partial charge in [-0.05, 0) is 144 Å². The van der Waals surface area contributed by atoms with Gasteiger partial charge in [0.1, 0.15) is 0 Å². The molecular formula is C58H34S. The van der Waals surface area contributed by atoms with Crippen LogP contribution in [0.25, 0.3) is 130 Å². The Hall–Kier alpha value is -7.32. The van der Waals surface area contributed by atoms with Gasteiger partial charge in [-0.15, -0.1) is 11.3 Å². The van der Waals surface area contributed by atoms with Gasteiger partial charge < -0.3 is 0 Å². The zero-order valence-electron chi connectivity index (χ0n) is 32.0. The number of rotatable bonds is 5.